The van der Waals surface area contributed by atoms with E-state index in [0.29, 0.717) is 23.8 Å². The van der Waals surface area contributed by atoms with E-state index in [4.69, 9.17) is 17.0 Å². The van der Waals surface area contributed by atoms with E-state index in [0.717, 1.165) is 17.0 Å². The van der Waals surface area contributed by atoms with Crippen molar-refractivity contribution in [2.24, 2.45) is 0 Å². The van der Waals surface area contributed by atoms with E-state index in [2.05, 4.69) is 23.6 Å². The molecule has 0 amide bonds. The minimum Gasteiger partial charge on any atom is -0.457 e. The Kier molecular flexibility index (Phi) is 4.55. The molecule has 0 spiro atoms. The Labute approximate surface area is 121 Å². The number of ether oxygens (including phenoxy) is 1. The van der Waals surface area contributed by atoms with Gasteiger partial charge in [-0.15, -0.1) is 11.3 Å². The molecule has 2 N–H and O–H groups in total. The molecular weight excluding hydrogens is 280 g/mol. The summed E-state index contributed by atoms with van der Waals surface area (Å²) >= 11 is 6.65. The van der Waals surface area contributed by atoms with Crippen LogP contribution in [-0.4, -0.2) is 17.6 Å². The van der Waals surface area contributed by atoms with Crippen molar-refractivity contribution in [3.63, 3.8) is 0 Å². The lowest BCUT2D eigenvalue weighted by atomic mass is 10.2. The summed E-state index contributed by atoms with van der Waals surface area (Å²) in [7, 11) is 0. The number of carbonyl (C=O) groups excluding carboxylic acids is 1. The van der Waals surface area contributed by atoms with Crippen molar-refractivity contribution in [2.45, 2.75) is 26.9 Å². The second kappa shape index (κ2) is 6.16. The van der Waals surface area contributed by atoms with Crippen LogP contribution in [0.4, 0.5) is 0 Å². The normalized spacial score (nSPS) is 14.9. The zero-order valence-corrected chi connectivity index (χ0v) is 12.5. The predicted octanol–water partition coefficient (Wildman–Crippen LogP) is 2.11. The molecule has 0 saturated carbocycles. The summed E-state index contributed by atoms with van der Waals surface area (Å²) in [5.41, 5.74) is 1.36. The largest absolute Gasteiger partial charge is 0.457 e. The number of thiocarbonyl (C=S) groups is 1. The van der Waals surface area contributed by atoms with Crippen LogP contribution in [0.2, 0.25) is 0 Å². The number of aryl methyl sites for hydroxylation is 1. The van der Waals surface area contributed by atoms with E-state index < -0.39 is 0 Å². The van der Waals surface area contributed by atoms with Crippen LogP contribution in [0, 0.1) is 0 Å². The molecule has 0 fully saturated rings. The molecule has 0 saturated heterocycles. The second-order valence-electron chi connectivity index (χ2n) is 4.21. The number of allylic oxidation sites excluding steroid dienone is 1. The van der Waals surface area contributed by atoms with Crippen molar-refractivity contribution in [2.75, 3.05) is 6.54 Å². The molecular formula is C13H16N2O2S2. The Morgan fingerprint density at radius 1 is 1.47 bits per heavy atom. The standard InChI is InChI=1S/C13H16N2O2S2/c1-3-9-4-5-10(19-9)7-17-12(16)11-6-14-13(18)15-8(11)2/h4-5H,3,6-7H2,1-2H3,(H2,14,15,18). The smallest absolute Gasteiger partial charge is 0.337 e. The van der Waals surface area contributed by atoms with Gasteiger partial charge in [0, 0.05) is 15.5 Å². The molecule has 2 heterocycles. The van der Waals surface area contributed by atoms with Gasteiger partial charge in [0.1, 0.15) is 6.61 Å². The Balaban J connectivity index is 1.94. The molecule has 19 heavy (non-hydrogen) atoms. The third kappa shape index (κ3) is 3.54. The molecule has 1 aromatic rings. The van der Waals surface area contributed by atoms with Crippen LogP contribution in [0.1, 0.15) is 23.6 Å². The van der Waals surface area contributed by atoms with Crippen LogP contribution in [-0.2, 0) is 22.6 Å². The van der Waals surface area contributed by atoms with Gasteiger partial charge in [0.15, 0.2) is 5.11 Å². The van der Waals surface area contributed by atoms with E-state index >= 15 is 0 Å². The van der Waals surface area contributed by atoms with Crippen LogP contribution in [0.3, 0.4) is 0 Å². The minimum atomic E-state index is -0.300. The highest BCUT2D eigenvalue weighted by Crippen LogP contribution is 2.18. The van der Waals surface area contributed by atoms with Crippen LogP contribution >= 0.6 is 23.6 Å². The SMILES string of the molecule is CCc1ccc(COC(=O)C2=C(C)NC(=S)NC2)s1. The highest BCUT2D eigenvalue weighted by molar-refractivity contribution is 7.80. The Bertz CT molecular complexity index is 535. The Morgan fingerprint density at radius 2 is 2.21 bits per heavy atom. The van der Waals surface area contributed by atoms with E-state index in [-0.39, 0.29) is 5.97 Å². The molecule has 0 unspecified atom stereocenters. The molecule has 1 aliphatic heterocycles. The zero-order valence-electron chi connectivity index (χ0n) is 10.9. The quantitative estimate of drug-likeness (QED) is 0.658. The summed E-state index contributed by atoms with van der Waals surface area (Å²) in [6, 6.07) is 4.07. The molecule has 0 atom stereocenters. The first-order chi connectivity index (χ1) is 9.10. The maximum Gasteiger partial charge on any atom is 0.337 e. The summed E-state index contributed by atoms with van der Waals surface area (Å²) in [6.07, 6.45) is 1.01. The fourth-order valence-corrected chi connectivity index (χ4v) is 2.83. The van der Waals surface area contributed by atoms with Crippen molar-refractivity contribution < 1.29 is 9.53 Å². The molecule has 0 aliphatic carbocycles. The summed E-state index contributed by atoms with van der Waals surface area (Å²) in [6.45, 7) is 4.67. The molecule has 102 valence electrons. The third-order valence-corrected chi connectivity index (χ3v) is 4.29. The first-order valence-electron chi connectivity index (χ1n) is 6.09. The summed E-state index contributed by atoms with van der Waals surface area (Å²) in [5, 5.41) is 6.38. The summed E-state index contributed by atoms with van der Waals surface area (Å²) in [4.78, 5) is 14.3. The van der Waals surface area contributed by atoms with Crippen molar-refractivity contribution >= 4 is 34.6 Å². The number of nitrogens with one attached hydrogen (secondary N) is 2. The predicted molar refractivity (Wildman–Crippen MR) is 79.9 cm³/mol. The van der Waals surface area contributed by atoms with Gasteiger partial charge in [-0.3, -0.25) is 0 Å². The fourth-order valence-electron chi connectivity index (χ4n) is 1.73. The van der Waals surface area contributed by atoms with Gasteiger partial charge < -0.3 is 15.4 Å². The van der Waals surface area contributed by atoms with Gasteiger partial charge in [0.05, 0.1) is 12.1 Å². The lowest BCUT2D eigenvalue weighted by molar-refractivity contribution is -0.140. The minimum absolute atomic E-state index is 0.300. The van der Waals surface area contributed by atoms with Gasteiger partial charge in [-0.2, -0.15) is 0 Å². The molecule has 1 aromatic heterocycles. The highest BCUT2D eigenvalue weighted by Gasteiger charge is 2.19. The van der Waals surface area contributed by atoms with Crippen molar-refractivity contribution in [3.8, 4) is 0 Å². The molecule has 0 bridgehead atoms. The van der Waals surface area contributed by atoms with E-state index in [9.17, 15) is 4.79 Å². The number of hydrogen-bond donors (Lipinski definition) is 2. The van der Waals surface area contributed by atoms with Gasteiger partial charge in [-0.05, 0) is 37.7 Å². The van der Waals surface area contributed by atoms with Crippen molar-refractivity contribution in [3.05, 3.63) is 33.2 Å². The van der Waals surface area contributed by atoms with E-state index in [1.54, 1.807) is 11.3 Å². The molecule has 0 radical (unpaired) electrons. The average molecular weight is 296 g/mol. The Morgan fingerprint density at radius 3 is 2.84 bits per heavy atom. The van der Waals surface area contributed by atoms with Gasteiger partial charge >= 0.3 is 5.97 Å². The van der Waals surface area contributed by atoms with E-state index in [1.807, 2.05) is 13.0 Å². The fraction of sp³-hybridized carbons (Fsp3) is 0.385. The monoisotopic (exact) mass is 296 g/mol. The van der Waals surface area contributed by atoms with Crippen LogP contribution in [0.15, 0.2) is 23.4 Å². The molecule has 1 aliphatic rings. The lowest BCUT2D eigenvalue weighted by Crippen LogP contribution is -2.42. The number of thiophene rings is 1. The number of rotatable bonds is 4. The molecule has 0 aromatic carbocycles. The number of carbonyl (C=O) groups is 1. The number of hydrogen-bond acceptors (Lipinski definition) is 4. The van der Waals surface area contributed by atoms with E-state index in [1.165, 1.54) is 4.88 Å². The first kappa shape index (κ1) is 14.0. The lowest BCUT2D eigenvalue weighted by Gasteiger charge is -2.20. The van der Waals surface area contributed by atoms with Gasteiger partial charge in [-0.1, -0.05) is 6.92 Å². The molecule has 2 rings (SSSR count). The van der Waals surface area contributed by atoms with Crippen molar-refractivity contribution in [1.29, 1.82) is 0 Å². The zero-order chi connectivity index (χ0) is 13.8. The van der Waals surface area contributed by atoms with Crippen LogP contribution in [0.25, 0.3) is 0 Å². The van der Waals surface area contributed by atoms with Crippen molar-refractivity contribution in [1.82, 2.24) is 10.6 Å². The summed E-state index contributed by atoms with van der Waals surface area (Å²) < 4.78 is 5.32. The average Bonchev–Trinajstić information content (AvgIpc) is 2.84. The first-order valence-corrected chi connectivity index (χ1v) is 7.32. The topological polar surface area (TPSA) is 50.4 Å². The molecule has 4 nitrogen and oxygen atoms in total. The third-order valence-electron chi connectivity index (χ3n) is 2.84. The van der Waals surface area contributed by atoms with Gasteiger partial charge in [-0.25, -0.2) is 4.79 Å². The highest BCUT2D eigenvalue weighted by atomic mass is 32.1. The Hall–Kier alpha value is -1.40. The summed E-state index contributed by atoms with van der Waals surface area (Å²) in [5.74, 6) is -0.300. The van der Waals surface area contributed by atoms with Gasteiger partial charge in [0.25, 0.3) is 0 Å². The maximum atomic E-state index is 12.0. The second-order valence-corrected chi connectivity index (χ2v) is 5.87. The van der Waals surface area contributed by atoms with Crippen LogP contribution in [0.5, 0.6) is 0 Å². The van der Waals surface area contributed by atoms with Crippen LogP contribution < -0.4 is 10.6 Å². The molecule has 6 heteroatoms. The van der Waals surface area contributed by atoms with Gasteiger partial charge in [0.2, 0.25) is 0 Å². The maximum absolute atomic E-state index is 12.0. The number of esters is 1.